The Kier molecular flexibility index (Phi) is 6.64. The van der Waals surface area contributed by atoms with E-state index in [1.165, 1.54) is 0 Å². The van der Waals surface area contributed by atoms with Crippen LogP contribution in [0.15, 0.2) is 126 Å². The molecule has 0 spiro atoms. The molecular weight excluding hydrogens is 556 g/mol. The summed E-state index contributed by atoms with van der Waals surface area (Å²) in [7, 11) is 1.91. The summed E-state index contributed by atoms with van der Waals surface area (Å²) in [5.74, 6) is 1.36. The molecule has 0 aliphatic rings. The lowest BCUT2D eigenvalue weighted by atomic mass is 9.99. The van der Waals surface area contributed by atoms with E-state index in [1.807, 2.05) is 110 Å². The molecule has 0 fully saturated rings. The van der Waals surface area contributed by atoms with Crippen molar-refractivity contribution in [2.45, 2.75) is 6.92 Å². The number of halogens is 1. The number of nitrogens with zero attached hydrogens (tertiary/aromatic N) is 5. The first-order valence-electron chi connectivity index (χ1n) is 13.9. The predicted molar refractivity (Wildman–Crippen MR) is 174 cm³/mol. The van der Waals surface area contributed by atoms with Gasteiger partial charge in [0.15, 0.2) is 5.65 Å². The molecule has 0 amide bonds. The van der Waals surface area contributed by atoms with Gasteiger partial charge in [-0.05, 0) is 54.4 Å². The molecule has 43 heavy (non-hydrogen) atoms. The van der Waals surface area contributed by atoms with Crippen LogP contribution in [-0.2, 0) is 7.05 Å². The molecule has 7 rings (SSSR count). The fourth-order valence-electron chi connectivity index (χ4n) is 5.74. The molecule has 7 nitrogen and oxygen atoms in total. The summed E-state index contributed by atoms with van der Waals surface area (Å²) in [5.41, 5.74) is 6.66. The number of nitrogens with one attached hydrogen (secondary N) is 1. The van der Waals surface area contributed by atoms with Gasteiger partial charge in [-0.2, -0.15) is 0 Å². The third-order valence-corrected chi connectivity index (χ3v) is 7.89. The van der Waals surface area contributed by atoms with Crippen LogP contribution < -0.4 is 10.9 Å². The smallest absolute Gasteiger partial charge is 0.276 e. The fraction of sp³-hybridized carbons (Fsp3) is 0.0571. The quantitative estimate of drug-likeness (QED) is 0.216. The topological polar surface area (TPSA) is 69.7 Å². The number of hydrogen-bond acceptors (Lipinski definition) is 4. The molecule has 3 aromatic heterocycles. The molecule has 0 atom stereocenters. The number of rotatable bonds is 6. The summed E-state index contributed by atoms with van der Waals surface area (Å²) in [5, 5.41) is 4.99. The van der Waals surface area contributed by atoms with E-state index >= 15 is 0 Å². The van der Waals surface area contributed by atoms with Gasteiger partial charge in [0.1, 0.15) is 18.0 Å². The van der Waals surface area contributed by atoms with Crippen molar-refractivity contribution in [1.29, 1.82) is 0 Å². The number of aromatic nitrogens is 5. The lowest BCUT2D eigenvalue weighted by molar-refractivity contribution is 0.632. The van der Waals surface area contributed by atoms with E-state index in [4.69, 9.17) is 21.6 Å². The Bertz CT molecular complexity index is 2130. The molecule has 8 heteroatoms. The maximum absolute atomic E-state index is 13.9. The normalized spacial score (nSPS) is 11.2. The molecule has 0 saturated heterocycles. The molecule has 7 aromatic rings. The van der Waals surface area contributed by atoms with E-state index in [0.717, 1.165) is 45.0 Å². The Hall–Kier alpha value is -5.40. The van der Waals surface area contributed by atoms with Crippen LogP contribution >= 0.6 is 11.6 Å². The van der Waals surface area contributed by atoms with E-state index in [0.29, 0.717) is 22.1 Å². The van der Waals surface area contributed by atoms with E-state index in [-0.39, 0.29) is 5.56 Å². The monoisotopic (exact) mass is 582 g/mol. The first-order valence-corrected chi connectivity index (χ1v) is 14.3. The molecule has 0 bridgehead atoms. The van der Waals surface area contributed by atoms with Crippen LogP contribution in [-0.4, -0.2) is 23.9 Å². The summed E-state index contributed by atoms with van der Waals surface area (Å²) in [4.78, 5) is 23.4. The SMILES string of the molecule is Cc1c(-n2c(-c3ccccc3)c(-c3ccccc3)c3c(Nc4ccc(Cl)cc4)ncnc32)n(C)n(-c2ccccc2)c1=O. The van der Waals surface area contributed by atoms with Crippen LogP contribution in [0.25, 0.3) is 44.9 Å². The Balaban J connectivity index is 1.62. The third-order valence-electron chi connectivity index (χ3n) is 7.63. The van der Waals surface area contributed by atoms with Gasteiger partial charge >= 0.3 is 0 Å². The van der Waals surface area contributed by atoms with E-state index < -0.39 is 0 Å². The van der Waals surface area contributed by atoms with Gasteiger partial charge in [-0.15, -0.1) is 0 Å². The van der Waals surface area contributed by atoms with Crippen LogP contribution in [0.3, 0.4) is 0 Å². The Morgan fingerprint density at radius 3 is 2.00 bits per heavy atom. The van der Waals surface area contributed by atoms with Gasteiger partial charge in [0.05, 0.1) is 22.3 Å². The first-order chi connectivity index (χ1) is 21.0. The van der Waals surface area contributed by atoms with E-state index in [9.17, 15) is 4.79 Å². The van der Waals surface area contributed by atoms with Crippen molar-refractivity contribution in [3.05, 3.63) is 143 Å². The standard InChI is InChI=1S/C35H27ClN6O/c1-23-34(40(2)42(35(23)43)28-16-10-5-11-17-28)41-31(25-14-8-4-9-15-25)29(24-12-6-3-7-13-24)30-32(37-22-38-33(30)41)39-27-20-18-26(36)19-21-27/h3-22H,1-2H3,(H,37,38,39). The van der Waals surface area contributed by atoms with Crippen LogP contribution in [0.1, 0.15) is 5.56 Å². The van der Waals surface area contributed by atoms with E-state index in [1.54, 1.807) is 11.0 Å². The molecule has 210 valence electrons. The average molecular weight is 583 g/mol. The first kappa shape index (κ1) is 26.5. The zero-order chi connectivity index (χ0) is 29.5. The zero-order valence-corrected chi connectivity index (χ0v) is 24.3. The molecule has 4 aromatic carbocycles. The number of hydrogen-bond donors (Lipinski definition) is 1. The van der Waals surface area contributed by atoms with Gasteiger partial charge in [0, 0.05) is 23.3 Å². The Morgan fingerprint density at radius 1 is 0.744 bits per heavy atom. The summed E-state index contributed by atoms with van der Waals surface area (Å²) in [6, 6.07) is 37.6. The fourth-order valence-corrected chi connectivity index (χ4v) is 5.86. The van der Waals surface area contributed by atoms with Gasteiger partial charge in [0.2, 0.25) is 0 Å². The van der Waals surface area contributed by atoms with Gasteiger partial charge < -0.3 is 5.32 Å². The summed E-state index contributed by atoms with van der Waals surface area (Å²) in [6.07, 6.45) is 1.56. The van der Waals surface area contributed by atoms with Crippen molar-refractivity contribution in [2.75, 3.05) is 5.32 Å². The largest absolute Gasteiger partial charge is 0.340 e. The second-order valence-electron chi connectivity index (χ2n) is 10.3. The van der Waals surface area contributed by atoms with Crippen LogP contribution in [0.2, 0.25) is 5.02 Å². The van der Waals surface area contributed by atoms with Crippen LogP contribution in [0.5, 0.6) is 0 Å². The molecule has 0 aliphatic carbocycles. The van der Waals surface area contributed by atoms with Crippen molar-refractivity contribution < 1.29 is 0 Å². The minimum Gasteiger partial charge on any atom is -0.340 e. The number of benzene rings is 4. The second-order valence-corrected chi connectivity index (χ2v) is 10.7. The molecule has 0 radical (unpaired) electrons. The minimum atomic E-state index is -0.0978. The second kappa shape index (κ2) is 10.8. The van der Waals surface area contributed by atoms with Crippen LogP contribution in [0.4, 0.5) is 11.5 Å². The molecule has 0 saturated carbocycles. The summed E-state index contributed by atoms with van der Waals surface area (Å²) >= 11 is 6.18. The Morgan fingerprint density at radius 2 is 1.35 bits per heavy atom. The number of fused-ring (bicyclic) bond motifs is 1. The van der Waals surface area contributed by atoms with Gasteiger partial charge in [-0.3, -0.25) is 14.0 Å². The maximum atomic E-state index is 13.9. The van der Waals surface area contributed by atoms with Crippen molar-refractivity contribution in [3.63, 3.8) is 0 Å². The lowest BCUT2D eigenvalue weighted by Gasteiger charge is -2.15. The molecular formula is C35H27ClN6O. The van der Waals surface area contributed by atoms with Crippen LogP contribution in [0, 0.1) is 6.92 Å². The molecule has 0 unspecified atom stereocenters. The molecule has 0 aliphatic heterocycles. The number of para-hydroxylation sites is 1. The Labute approximate surface area is 253 Å². The zero-order valence-electron chi connectivity index (χ0n) is 23.6. The van der Waals surface area contributed by atoms with Gasteiger partial charge in [-0.25, -0.2) is 14.6 Å². The van der Waals surface area contributed by atoms with Gasteiger partial charge in [0.25, 0.3) is 5.56 Å². The highest BCUT2D eigenvalue weighted by atomic mass is 35.5. The molecule has 1 N–H and O–H groups in total. The van der Waals surface area contributed by atoms with Crippen molar-refractivity contribution in [3.8, 4) is 33.9 Å². The average Bonchev–Trinajstić information content (AvgIpc) is 3.50. The van der Waals surface area contributed by atoms with Crippen molar-refractivity contribution in [1.82, 2.24) is 23.9 Å². The minimum absolute atomic E-state index is 0.0978. The maximum Gasteiger partial charge on any atom is 0.276 e. The van der Waals surface area contributed by atoms with Crippen molar-refractivity contribution >= 4 is 34.1 Å². The van der Waals surface area contributed by atoms with Crippen molar-refractivity contribution in [2.24, 2.45) is 7.05 Å². The predicted octanol–water partition coefficient (Wildman–Crippen LogP) is 7.95. The lowest BCUT2D eigenvalue weighted by Crippen LogP contribution is -2.20. The summed E-state index contributed by atoms with van der Waals surface area (Å²) in [6.45, 7) is 1.87. The van der Waals surface area contributed by atoms with E-state index in [2.05, 4.69) is 34.1 Å². The highest BCUT2D eigenvalue weighted by Crippen LogP contribution is 2.45. The highest BCUT2D eigenvalue weighted by Gasteiger charge is 2.29. The highest BCUT2D eigenvalue weighted by molar-refractivity contribution is 6.30. The third kappa shape index (κ3) is 4.51. The molecule has 3 heterocycles. The summed E-state index contributed by atoms with van der Waals surface area (Å²) < 4.78 is 5.70. The number of anilines is 2. The van der Waals surface area contributed by atoms with Gasteiger partial charge in [-0.1, -0.05) is 90.5 Å².